The molecule has 0 radical (unpaired) electrons. The number of aryl methyl sites for hydroxylation is 1. The van der Waals surface area contributed by atoms with Gasteiger partial charge in [0.2, 0.25) is 11.8 Å². The lowest BCUT2D eigenvalue weighted by Crippen LogP contribution is -2.59. The van der Waals surface area contributed by atoms with Gasteiger partial charge in [0.05, 0.1) is 11.7 Å². The van der Waals surface area contributed by atoms with Crippen LogP contribution in [0, 0.1) is 12.8 Å². The second-order valence-electron chi connectivity index (χ2n) is 15.9. The number of nitrogens with zero attached hydrogens (tertiary/aromatic N) is 5. The molecule has 6 heterocycles. The van der Waals surface area contributed by atoms with Crippen molar-refractivity contribution < 1.29 is 14.4 Å². The third-order valence-corrected chi connectivity index (χ3v) is 12.1. The Labute approximate surface area is 331 Å². The predicted molar refractivity (Wildman–Crippen MR) is 220 cm³/mol. The van der Waals surface area contributed by atoms with E-state index >= 15 is 0 Å². The number of hydrogen-bond acceptors (Lipinski definition) is 8. The number of rotatable bonds is 10. The normalized spacial score (nSPS) is 18.1. The van der Waals surface area contributed by atoms with Crippen LogP contribution in [0.4, 0.5) is 10.5 Å². The number of fused-ring (bicyclic) bond motifs is 2. The largest absolute Gasteiger partial charge is 0.368 e. The summed E-state index contributed by atoms with van der Waals surface area (Å²) in [5.74, 6) is -0.162. The molecule has 14 nitrogen and oxygen atoms in total. The molecule has 4 amide bonds. The lowest BCUT2D eigenvalue weighted by molar-refractivity contribution is -0.137. The van der Waals surface area contributed by atoms with Crippen LogP contribution in [0.1, 0.15) is 54.7 Å². The zero-order valence-corrected chi connectivity index (χ0v) is 32.5. The van der Waals surface area contributed by atoms with E-state index < -0.39 is 12.1 Å². The fourth-order valence-corrected chi connectivity index (χ4v) is 8.88. The van der Waals surface area contributed by atoms with Crippen LogP contribution in [-0.4, -0.2) is 112 Å². The maximum Gasteiger partial charge on any atom is 0.318 e. The van der Waals surface area contributed by atoms with Crippen LogP contribution in [0.3, 0.4) is 0 Å². The number of carbonyl (C=O) groups is 3. The highest BCUT2D eigenvalue weighted by atomic mass is 16.2. The van der Waals surface area contributed by atoms with E-state index in [1.807, 2.05) is 66.4 Å². The molecule has 0 saturated carbocycles. The number of nitrogens with one attached hydrogen (secondary N) is 5. The number of amides is 4. The lowest BCUT2D eigenvalue weighted by Gasteiger charge is -2.38. The maximum absolute atomic E-state index is 14.5. The van der Waals surface area contributed by atoms with Crippen molar-refractivity contribution in [3.63, 3.8) is 0 Å². The molecule has 0 spiro atoms. The van der Waals surface area contributed by atoms with E-state index in [2.05, 4.69) is 41.0 Å². The van der Waals surface area contributed by atoms with E-state index in [0.717, 1.165) is 70.1 Å². The summed E-state index contributed by atoms with van der Waals surface area (Å²) in [5.41, 5.74) is 5.31. The lowest BCUT2D eigenvalue weighted by atomic mass is 9.89. The molecule has 57 heavy (non-hydrogen) atoms. The molecule has 3 saturated heterocycles. The summed E-state index contributed by atoms with van der Waals surface area (Å²) in [6.07, 6.45) is 9.20. The number of aromatic amines is 2. The van der Waals surface area contributed by atoms with Crippen molar-refractivity contribution >= 4 is 45.3 Å². The zero-order valence-electron chi connectivity index (χ0n) is 32.5. The maximum atomic E-state index is 14.5. The molecule has 3 aliphatic rings. The van der Waals surface area contributed by atoms with Gasteiger partial charge in [0, 0.05) is 80.2 Å². The van der Waals surface area contributed by atoms with E-state index in [1.165, 1.54) is 0 Å². The average molecular weight is 773 g/mol. The van der Waals surface area contributed by atoms with Crippen molar-refractivity contribution in [3.05, 3.63) is 100 Å². The van der Waals surface area contributed by atoms with E-state index in [-0.39, 0.29) is 41.7 Å². The number of benzene rings is 2. The summed E-state index contributed by atoms with van der Waals surface area (Å²) in [6.45, 7) is 7.10. The van der Waals surface area contributed by atoms with Crippen LogP contribution < -0.4 is 26.4 Å². The first-order chi connectivity index (χ1) is 27.8. The monoisotopic (exact) mass is 772 g/mol. The minimum Gasteiger partial charge on any atom is -0.368 e. The third kappa shape index (κ3) is 8.80. The Morgan fingerprint density at radius 2 is 1.60 bits per heavy atom. The second-order valence-corrected chi connectivity index (χ2v) is 15.9. The first-order valence-corrected chi connectivity index (χ1v) is 20.3. The predicted octanol–water partition coefficient (Wildman–Crippen LogP) is 3.83. The number of anilines is 1. The van der Waals surface area contributed by atoms with Gasteiger partial charge in [-0.2, -0.15) is 5.10 Å². The minimum absolute atomic E-state index is 0.0134. The number of H-pyrrole nitrogens is 2. The van der Waals surface area contributed by atoms with Gasteiger partial charge in [-0.1, -0.05) is 24.3 Å². The van der Waals surface area contributed by atoms with Crippen LogP contribution in [-0.2, 0) is 16.0 Å². The molecule has 2 atom stereocenters. The average Bonchev–Trinajstić information content (AvgIpc) is 3.73. The summed E-state index contributed by atoms with van der Waals surface area (Å²) in [4.78, 5) is 68.9. The molecule has 2 aromatic carbocycles. The van der Waals surface area contributed by atoms with Gasteiger partial charge in [-0.25, -0.2) is 4.79 Å². The van der Waals surface area contributed by atoms with Crippen molar-refractivity contribution in [2.24, 2.45) is 5.92 Å². The molecule has 298 valence electrons. The summed E-state index contributed by atoms with van der Waals surface area (Å²) in [5, 5.41) is 18.8. The van der Waals surface area contributed by atoms with Gasteiger partial charge in [0.15, 0.2) is 0 Å². The van der Waals surface area contributed by atoms with Crippen molar-refractivity contribution in [3.8, 4) is 0 Å². The number of carbonyl (C=O) groups excluding carboxylic acids is 3. The highest BCUT2D eigenvalue weighted by molar-refractivity contribution is 5.92. The van der Waals surface area contributed by atoms with Gasteiger partial charge in [-0.15, -0.1) is 0 Å². The Bertz CT molecular complexity index is 2250. The van der Waals surface area contributed by atoms with Gasteiger partial charge >= 0.3 is 6.03 Å². The minimum atomic E-state index is -0.936. The van der Waals surface area contributed by atoms with Crippen LogP contribution in [0.15, 0.2) is 78.0 Å². The molecule has 0 unspecified atom stereocenters. The SMILES string of the molecule is Cc1cc(C[C@@H](NC(=O)N2CCC(c3cc4ccccc4[nH]c3=O)CC2)C(=O)N[C@H](CC2CCNCC2)C(=O)N2CCN(c3ccncc3)CC2)cc2cn[nH]c12. The topological polar surface area (TPSA) is 171 Å². The summed E-state index contributed by atoms with van der Waals surface area (Å²) in [7, 11) is 0. The quantitative estimate of drug-likeness (QED) is 0.143. The molecule has 5 aromatic rings. The van der Waals surface area contributed by atoms with E-state index in [1.54, 1.807) is 23.5 Å². The number of para-hydroxylation sites is 1. The number of likely N-dealkylation sites (tertiary alicyclic amines) is 1. The molecule has 3 fully saturated rings. The highest BCUT2D eigenvalue weighted by Gasteiger charge is 2.35. The molecule has 0 aliphatic carbocycles. The Kier molecular flexibility index (Phi) is 11.5. The van der Waals surface area contributed by atoms with Crippen LogP contribution in [0.2, 0.25) is 0 Å². The Morgan fingerprint density at radius 3 is 2.37 bits per heavy atom. The van der Waals surface area contributed by atoms with Crippen LogP contribution in [0.5, 0.6) is 0 Å². The summed E-state index contributed by atoms with van der Waals surface area (Å²) >= 11 is 0. The molecular formula is C43H52N10O4. The molecule has 3 aliphatic heterocycles. The van der Waals surface area contributed by atoms with Gasteiger partial charge in [-0.3, -0.25) is 24.5 Å². The van der Waals surface area contributed by atoms with Crippen molar-refractivity contribution in [1.82, 2.24) is 45.9 Å². The number of urea groups is 1. The van der Waals surface area contributed by atoms with Crippen molar-refractivity contribution in [1.29, 1.82) is 0 Å². The van der Waals surface area contributed by atoms with E-state index in [4.69, 9.17) is 0 Å². The Balaban J connectivity index is 0.985. The Hall–Kier alpha value is -5.76. The Morgan fingerprint density at radius 1 is 0.842 bits per heavy atom. The number of hydrogen-bond donors (Lipinski definition) is 5. The van der Waals surface area contributed by atoms with E-state index in [9.17, 15) is 19.2 Å². The summed E-state index contributed by atoms with van der Waals surface area (Å²) < 4.78 is 0. The smallest absolute Gasteiger partial charge is 0.318 e. The van der Waals surface area contributed by atoms with Crippen LogP contribution >= 0.6 is 0 Å². The number of aromatic nitrogens is 4. The molecule has 14 heteroatoms. The van der Waals surface area contributed by atoms with Crippen molar-refractivity contribution in [2.75, 3.05) is 57.3 Å². The number of pyridine rings is 2. The van der Waals surface area contributed by atoms with Gasteiger partial charge < -0.3 is 35.6 Å². The molecular weight excluding hydrogens is 721 g/mol. The molecule has 3 aromatic heterocycles. The fraction of sp³-hybridized carbons (Fsp3) is 0.442. The first-order valence-electron chi connectivity index (χ1n) is 20.3. The zero-order chi connectivity index (χ0) is 39.3. The highest BCUT2D eigenvalue weighted by Crippen LogP contribution is 2.28. The standard InChI is InChI=1S/C43H52N10O4/c1-28-22-30(23-33-27-46-50-39(28)33)25-37(49-43(57)53-16-10-31(11-17-53)35-26-32-4-2-3-5-36(32)47-40(35)54)41(55)48-38(24-29-6-12-44-13-7-29)42(56)52-20-18-51(19-21-52)34-8-14-45-15-9-34/h2-5,8-9,14-15,22-23,26-27,29,31,37-38,44H,6-7,10-13,16-21,24-25H2,1H3,(H,46,50)(H,47,54)(H,48,55)(H,49,57)/t37-,38-/m1/s1. The molecule has 0 bridgehead atoms. The van der Waals surface area contributed by atoms with Crippen LogP contribution in [0.25, 0.3) is 21.8 Å². The van der Waals surface area contributed by atoms with Gasteiger partial charge in [0.25, 0.3) is 5.56 Å². The van der Waals surface area contributed by atoms with E-state index in [0.29, 0.717) is 58.5 Å². The van der Waals surface area contributed by atoms with Crippen molar-refractivity contribution in [2.45, 2.75) is 63.5 Å². The third-order valence-electron chi connectivity index (χ3n) is 12.1. The molecule has 8 rings (SSSR count). The number of piperidine rings is 2. The summed E-state index contributed by atoms with van der Waals surface area (Å²) in [6, 6.07) is 15.7. The number of piperazine rings is 1. The van der Waals surface area contributed by atoms with Gasteiger partial charge in [0.1, 0.15) is 12.1 Å². The fourth-order valence-electron chi connectivity index (χ4n) is 8.88. The molecule has 5 N–H and O–H groups in total. The second kappa shape index (κ2) is 17.2. The van der Waals surface area contributed by atoms with Gasteiger partial charge in [-0.05, 0) is 111 Å². The first kappa shape index (κ1) is 38.1.